The lowest BCUT2D eigenvalue weighted by atomic mass is 9.97. The molecule has 5 rings (SSSR count). The fourth-order valence-electron chi connectivity index (χ4n) is 4.57. The lowest BCUT2D eigenvalue weighted by Gasteiger charge is -2.30. The molecule has 1 N–H and O–H groups in total. The van der Waals surface area contributed by atoms with Crippen LogP contribution in [0.4, 0.5) is 4.39 Å². The molecule has 0 spiro atoms. The van der Waals surface area contributed by atoms with Crippen LogP contribution in [0.15, 0.2) is 77.3 Å². The molecule has 0 aliphatic carbocycles. The van der Waals surface area contributed by atoms with Crippen molar-refractivity contribution in [2.75, 3.05) is 20.2 Å². The third-order valence-electron chi connectivity index (χ3n) is 6.76. The van der Waals surface area contributed by atoms with Crippen molar-refractivity contribution in [3.63, 3.8) is 0 Å². The second-order valence-electron chi connectivity index (χ2n) is 9.59. The van der Waals surface area contributed by atoms with Gasteiger partial charge in [-0.15, -0.1) is 0 Å². The second kappa shape index (κ2) is 12.5. The van der Waals surface area contributed by atoms with E-state index in [1.165, 1.54) is 12.1 Å². The van der Waals surface area contributed by atoms with Crippen LogP contribution in [0, 0.1) is 11.7 Å². The average Bonchev–Trinajstić information content (AvgIpc) is 3.44. The van der Waals surface area contributed by atoms with E-state index >= 15 is 0 Å². The number of halogens is 1. The predicted molar refractivity (Wildman–Crippen MR) is 143 cm³/mol. The van der Waals surface area contributed by atoms with Crippen molar-refractivity contribution in [3.05, 3.63) is 95.6 Å². The summed E-state index contributed by atoms with van der Waals surface area (Å²) in [6.45, 7) is 2.83. The zero-order valence-corrected chi connectivity index (χ0v) is 21.8. The van der Waals surface area contributed by atoms with Crippen molar-refractivity contribution in [1.29, 1.82) is 0 Å². The zero-order chi connectivity index (χ0) is 27.0. The molecule has 0 bridgehead atoms. The Morgan fingerprint density at radius 1 is 1.03 bits per heavy atom. The van der Waals surface area contributed by atoms with Gasteiger partial charge in [-0.3, -0.25) is 9.69 Å². The summed E-state index contributed by atoms with van der Waals surface area (Å²) in [4.78, 5) is 19.6. The van der Waals surface area contributed by atoms with Crippen LogP contribution in [0.5, 0.6) is 11.5 Å². The standard InChI is InChI=1S/C30H31FN4O4/c1-37-26-14-8-23(9-15-26)29-33-28(39-34-29)19-35-16-2-3-24(18-35)30(36)32-17-21-6-12-27(13-7-21)38-20-22-4-10-25(31)11-5-22/h4-15,24H,2-3,16-20H2,1H3,(H,32,36). The molecule has 1 fully saturated rings. The van der Waals surface area contributed by atoms with E-state index in [1.807, 2.05) is 48.5 Å². The highest BCUT2D eigenvalue weighted by molar-refractivity contribution is 5.79. The molecule has 3 aromatic carbocycles. The van der Waals surface area contributed by atoms with E-state index < -0.39 is 0 Å². The molecule has 1 aromatic heterocycles. The molecule has 1 aliphatic heterocycles. The molecule has 1 aliphatic rings. The summed E-state index contributed by atoms with van der Waals surface area (Å²) in [5.74, 6) is 2.23. The van der Waals surface area contributed by atoms with E-state index in [4.69, 9.17) is 14.0 Å². The molecule has 4 aromatic rings. The first-order valence-electron chi connectivity index (χ1n) is 13.0. The van der Waals surface area contributed by atoms with Crippen molar-refractivity contribution < 1.29 is 23.2 Å². The Labute approximate surface area is 226 Å². The molecule has 2 heterocycles. The average molecular weight is 531 g/mol. The largest absolute Gasteiger partial charge is 0.497 e. The summed E-state index contributed by atoms with van der Waals surface area (Å²) >= 11 is 0. The summed E-state index contributed by atoms with van der Waals surface area (Å²) in [6.07, 6.45) is 1.77. The first kappa shape index (κ1) is 26.4. The van der Waals surface area contributed by atoms with Crippen LogP contribution in [0.1, 0.15) is 29.9 Å². The molecule has 1 saturated heterocycles. The Bertz CT molecular complexity index is 1360. The minimum absolute atomic E-state index is 0.0424. The molecule has 1 atom stereocenters. The molecule has 202 valence electrons. The number of piperidine rings is 1. The maximum absolute atomic E-state index is 13.0. The van der Waals surface area contributed by atoms with E-state index in [2.05, 4.69) is 20.4 Å². The Hall–Kier alpha value is -4.24. The highest BCUT2D eigenvalue weighted by Crippen LogP contribution is 2.22. The number of benzene rings is 3. The van der Waals surface area contributed by atoms with Gasteiger partial charge in [0.1, 0.15) is 23.9 Å². The van der Waals surface area contributed by atoms with Gasteiger partial charge in [-0.05, 0) is 79.0 Å². The number of carbonyl (C=O) groups is 1. The zero-order valence-electron chi connectivity index (χ0n) is 21.8. The molecule has 1 unspecified atom stereocenters. The van der Waals surface area contributed by atoms with Gasteiger partial charge < -0.3 is 19.3 Å². The molecule has 0 radical (unpaired) electrons. The fourth-order valence-corrected chi connectivity index (χ4v) is 4.57. The molecule has 39 heavy (non-hydrogen) atoms. The summed E-state index contributed by atoms with van der Waals surface area (Å²) in [7, 11) is 1.63. The summed E-state index contributed by atoms with van der Waals surface area (Å²) in [5.41, 5.74) is 2.74. The van der Waals surface area contributed by atoms with E-state index in [1.54, 1.807) is 19.2 Å². The minimum Gasteiger partial charge on any atom is -0.497 e. The number of amides is 1. The van der Waals surface area contributed by atoms with Crippen LogP contribution in [-0.4, -0.2) is 41.1 Å². The molecule has 9 heteroatoms. The lowest BCUT2D eigenvalue weighted by molar-refractivity contribution is -0.127. The van der Waals surface area contributed by atoms with Crippen LogP contribution >= 0.6 is 0 Å². The Kier molecular flexibility index (Phi) is 8.48. The number of hydrogen-bond acceptors (Lipinski definition) is 7. The Balaban J connectivity index is 1.07. The van der Waals surface area contributed by atoms with E-state index in [0.29, 0.717) is 43.7 Å². The third kappa shape index (κ3) is 7.20. The number of methoxy groups -OCH3 is 1. The van der Waals surface area contributed by atoms with Gasteiger partial charge in [0.25, 0.3) is 0 Å². The maximum atomic E-state index is 13.0. The number of nitrogens with zero attached hydrogens (tertiary/aromatic N) is 3. The van der Waals surface area contributed by atoms with Gasteiger partial charge in [0.15, 0.2) is 0 Å². The van der Waals surface area contributed by atoms with E-state index in [9.17, 15) is 9.18 Å². The van der Waals surface area contributed by atoms with Crippen molar-refractivity contribution >= 4 is 5.91 Å². The van der Waals surface area contributed by atoms with Crippen LogP contribution in [0.3, 0.4) is 0 Å². The Morgan fingerprint density at radius 2 is 1.74 bits per heavy atom. The first-order valence-corrected chi connectivity index (χ1v) is 13.0. The fraction of sp³-hybridized carbons (Fsp3) is 0.300. The molecule has 1 amide bonds. The maximum Gasteiger partial charge on any atom is 0.241 e. The summed E-state index contributed by atoms with van der Waals surface area (Å²) < 4.78 is 29.5. The number of rotatable bonds is 10. The van der Waals surface area contributed by atoms with Crippen molar-refractivity contribution in [2.45, 2.75) is 32.5 Å². The summed E-state index contributed by atoms with van der Waals surface area (Å²) in [6, 6.07) is 21.4. The van der Waals surface area contributed by atoms with E-state index in [-0.39, 0.29) is 17.6 Å². The van der Waals surface area contributed by atoms with Crippen LogP contribution in [-0.2, 0) is 24.5 Å². The second-order valence-corrected chi connectivity index (χ2v) is 9.59. The van der Waals surface area contributed by atoms with Gasteiger partial charge in [0, 0.05) is 18.7 Å². The van der Waals surface area contributed by atoms with Gasteiger partial charge >= 0.3 is 0 Å². The van der Waals surface area contributed by atoms with Gasteiger partial charge in [0.05, 0.1) is 19.6 Å². The highest BCUT2D eigenvalue weighted by atomic mass is 19.1. The van der Waals surface area contributed by atoms with Crippen molar-refractivity contribution in [3.8, 4) is 22.9 Å². The van der Waals surface area contributed by atoms with Gasteiger partial charge in [-0.2, -0.15) is 4.98 Å². The topological polar surface area (TPSA) is 89.7 Å². The van der Waals surface area contributed by atoms with Crippen LogP contribution in [0.2, 0.25) is 0 Å². The number of ether oxygens (including phenoxy) is 2. The lowest BCUT2D eigenvalue weighted by Crippen LogP contribution is -2.42. The number of nitrogens with one attached hydrogen (secondary N) is 1. The predicted octanol–water partition coefficient (Wildman–Crippen LogP) is 4.99. The molecule has 0 saturated carbocycles. The normalized spacial score (nSPS) is 15.6. The van der Waals surface area contributed by atoms with Crippen molar-refractivity contribution in [1.82, 2.24) is 20.4 Å². The van der Waals surface area contributed by atoms with Crippen molar-refractivity contribution in [2.24, 2.45) is 5.92 Å². The smallest absolute Gasteiger partial charge is 0.241 e. The minimum atomic E-state index is -0.266. The number of hydrogen-bond donors (Lipinski definition) is 1. The number of carbonyl (C=O) groups excluding carboxylic acids is 1. The van der Waals surface area contributed by atoms with Gasteiger partial charge in [-0.25, -0.2) is 4.39 Å². The number of likely N-dealkylation sites (tertiary alicyclic amines) is 1. The van der Waals surface area contributed by atoms with E-state index in [0.717, 1.165) is 41.8 Å². The first-order chi connectivity index (χ1) is 19.1. The third-order valence-corrected chi connectivity index (χ3v) is 6.76. The monoisotopic (exact) mass is 530 g/mol. The summed E-state index contributed by atoms with van der Waals surface area (Å²) in [5, 5.41) is 7.17. The quantitative estimate of drug-likeness (QED) is 0.309. The van der Waals surface area contributed by atoms with Crippen LogP contribution < -0.4 is 14.8 Å². The molecule has 8 nitrogen and oxygen atoms in total. The van der Waals surface area contributed by atoms with Gasteiger partial charge in [0.2, 0.25) is 17.6 Å². The SMILES string of the molecule is COc1ccc(-c2noc(CN3CCCC(C(=O)NCc4ccc(OCc5ccc(F)cc5)cc4)C3)n2)cc1. The molecular weight excluding hydrogens is 499 g/mol. The molecular formula is C30H31FN4O4. The Morgan fingerprint density at radius 3 is 2.49 bits per heavy atom. The highest BCUT2D eigenvalue weighted by Gasteiger charge is 2.27. The number of aromatic nitrogens is 2. The van der Waals surface area contributed by atoms with Crippen LogP contribution in [0.25, 0.3) is 11.4 Å². The van der Waals surface area contributed by atoms with Gasteiger partial charge in [-0.1, -0.05) is 29.4 Å².